The van der Waals surface area contributed by atoms with Crippen LogP contribution < -0.4 is 5.32 Å². The number of nitro groups is 1. The molecule has 1 aromatic heterocycles. The zero-order valence-corrected chi connectivity index (χ0v) is 12.9. The van der Waals surface area contributed by atoms with Crippen LogP contribution in [0.25, 0.3) is 0 Å². The topological polar surface area (TPSA) is 95.1 Å². The van der Waals surface area contributed by atoms with E-state index >= 15 is 0 Å². The van der Waals surface area contributed by atoms with Gasteiger partial charge in [-0.3, -0.25) is 10.1 Å². The first-order valence-corrected chi connectivity index (χ1v) is 7.03. The minimum absolute atomic E-state index is 0.110. The molecule has 0 fully saturated rings. The van der Waals surface area contributed by atoms with Crippen LogP contribution in [0.1, 0.15) is 17.3 Å². The van der Waals surface area contributed by atoms with Crippen LogP contribution in [0, 0.1) is 21.4 Å². The number of nitriles is 1. The van der Waals surface area contributed by atoms with Gasteiger partial charge in [-0.15, -0.1) is 0 Å². The van der Waals surface area contributed by atoms with E-state index in [9.17, 15) is 10.1 Å². The number of nitrogens with zero attached hydrogens (tertiary/aromatic N) is 4. The van der Waals surface area contributed by atoms with Gasteiger partial charge in [0.05, 0.1) is 11.0 Å². The molecule has 118 valence electrons. The SMILES string of the molecule is CN(C)C(CNc1ccc([N+](=O)[O-])c(C#N)n1)c1ccccc1. The number of benzene rings is 1. The Morgan fingerprint density at radius 1 is 1.30 bits per heavy atom. The predicted molar refractivity (Wildman–Crippen MR) is 87.0 cm³/mol. The summed E-state index contributed by atoms with van der Waals surface area (Å²) in [6.07, 6.45) is 0. The molecule has 1 atom stereocenters. The molecule has 7 heteroatoms. The minimum Gasteiger partial charge on any atom is -0.368 e. The van der Waals surface area contributed by atoms with Crippen molar-refractivity contribution in [2.45, 2.75) is 6.04 Å². The van der Waals surface area contributed by atoms with Gasteiger partial charge in [0.2, 0.25) is 5.69 Å². The lowest BCUT2D eigenvalue weighted by Gasteiger charge is -2.25. The van der Waals surface area contributed by atoms with Crippen molar-refractivity contribution in [3.8, 4) is 6.07 Å². The highest BCUT2D eigenvalue weighted by Gasteiger charge is 2.17. The number of anilines is 1. The summed E-state index contributed by atoms with van der Waals surface area (Å²) in [6.45, 7) is 0.562. The number of aromatic nitrogens is 1. The lowest BCUT2D eigenvalue weighted by Crippen LogP contribution is -2.27. The quantitative estimate of drug-likeness (QED) is 0.650. The number of pyridine rings is 1. The number of nitrogens with one attached hydrogen (secondary N) is 1. The van der Waals surface area contributed by atoms with Gasteiger partial charge in [-0.05, 0) is 25.7 Å². The number of rotatable bonds is 6. The van der Waals surface area contributed by atoms with Gasteiger partial charge >= 0.3 is 5.69 Å². The average molecular weight is 311 g/mol. The highest BCUT2D eigenvalue weighted by atomic mass is 16.6. The Balaban J connectivity index is 2.16. The van der Waals surface area contributed by atoms with Crippen molar-refractivity contribution < 1.29 is 4.92 Å². The van der Waals surface area contributed by atoms with E-state index in [0.29, 0.717) is 12.4 Å². The van der Waals surface area contributed by atoms with Gasteiger partial charge in [0.25, 0.3) is 0 Å². The maximum atomic E-state index is 10.8. The average Bonchev–Trinajstić information content (AvgIpc) is 2.55. The molecule has 1 aromatic carbocycles. The maximum absolute atomic E-state index is 10.8. The van der Waals surface area contributed by atoms with E-state index in [0.717, 1.165) is 5.56 Å². The van der Waals surface area contributed by atoms with Gasteiger partial charge in [-0.1, -0.05) is 30.3 Å². The molecule has 0 radical (unpaired) electrons. The van der Waals surface area contributed by atoms with Crippen LogP contribution in [-0.2, 0) is 0 Å². The lowest BCUT2D eigenvalue weighted by molar-refractivity contribution is -0.385. The number of likely N-dealkylation sites (N-methyl/N-ethyl adjacent to an activating group) is 1. The van der Waals surface area contributed by atoms with Crippen LogP contribution in [-0.4, -0.2) is 35.4 Å². The molecule has 0 aliphatic carbocycles. The number of hydrogen-bond donors (Lipinski definition) is 1. The molecule has 7 nitrogen and oxygen atoms in total. The first-order chi connectivity index (χ1) is 11.0. The Hall–Kier alpha value is -2.98. The molecule has 0 aliphatic heterocycles. The van der Waals surface area contributed by atoms with Crippen LogP contribution >= 0.6 is 0 Å². The van der Waals surface area contributed by atoms with Crippen molar-refractivity contribution in [1.82, 2.24) is 9.88 Å². The normalized spacial score (nSPS) is 11.7. The van der Waals surface area contributed by atoms with Crippen molar-refractivity contribution in [3.63, 3.8) is 0 Å². The maximum Gasteiger partial charge on any atom is 0.305 e. The van der Waals surface area contributed by atoms with Crippen LogP contribution in [0.5, 0.6) is 0 Å². The second-order valence-electron chi connectivity index (χ2n) is 5.20. The van der Waals surface area contributed by atoms with Crippen LogP contribution in [0.4, 0.5) is 11.5 Å². The molecule has 0 amide bonds. The third-order valence-electron chi connectivity index (χ3n) is 3.46. The standard InChI is InChI=1S/C16H17N5O2/c1-20(2)15(12-6-4-3-5-7-12)11-18-16-9-8-14(21(22)23)13(10-17)19-16/h3-9,15H,11H2,1-2H3,(H,18,19). The van der Waals surface area contributed by atoms with Crippen molar-refractivity contribution in [3.05, 3.63) is 63.8 Å². The first-order valence-electron chi connectivity index (χ1n) is 7.03. The summed E-state index contributed by atoms with van der Waals surface area (Å²) in [4.78, 5) is 16.3. The molecule has 0 saturated heterocycles. The summed E-state index contributed by atoms with van der Waals surface area (Å²) >= 11 is 0. The Morgan fingerprint density at radius 3 is 2.57 bits per heavy atom. The summed E-state index contributed by atoms with van der Waals surface area (Å²) in [6, 6.07) is 14.7. The first kappa shape index (κ1) is 16.4. The summed E-state index contributed by atoms with van der Waals surface area (Å²) < 4.78 is 0. The van der Waals surface area contributed by atoms with Crippen LogP contribution in [0.2, 0.25) is 0 Å². The number of hydrogen-bond acceptors (Lipinski definition) is 6. The molecule has 2 rings (SSSR count). The molecule has 2 aromatic rings. The Morgan fingerprint density at radius 2 is 2.00 bits per heavy atom. The molecule has 1 N–H and O–H groups in total. The van der Waals surface area contributed by atoms with E-state index in [1.807, 2.05) is 44.4 Å². The smallest absolute Gasteiger partial charge is 0.305 e. The second-order valence-corrected chi connectivity index (χ2v) is 5.20. The molecule has 1 heterocycles. The van der Waals surface area contributed by atoms with E-state index in [4.69, 9.17) is 5.26 Å². The fraction of sp³-hybridized carbons (Fsp3) is 0.250. The van der Waals surface area contributed by atoms with Gasteiger partial charge in [0.15, 0.2) is 0 Å². The van der Waals surface area contributed by atoms with Crippen molar-refractivity contribution in [2.75, 3.05) is 26.0 Å². The fourth-order valence-electron chi connectivity index (χ4n) is 2.25. The van der Waals surface area contributed by atoms with E-state index < -0.39 is 4.92 Å². The van der Waals surface area contributed by atoms with Gasteiger partial charge in [-0.2, -0.15) is 5.26 Å². The Bertz CT molecular complexity index is 725. The summed E-state index contributed by atoms with van der Waals surface area (Å²) in [5.41, 5.74) is 0.666. The van der Waals surface area contributed by atoms with E-state index in [2.05, 4.69) is 15.2 Å². The molecular weight excluding hydrogens is 294 g/mol. The summed E-state index contributed by atoms with van der Waals surface area (Å²) in [5.74, 6) is 0.440. The zero-order chi connectivity index (χ0) is 16.8. The van der Waals surface area contributed by atoms with Crippen LogP contribution in [0.15, 0.2) is 42.5 Å². The Labute approximate surface area is 134 Å². The third-order valence-corrected chi connectivity index (χ3v) is 3.46. The second kappa shape index (κ2) is 7.33. The van der Waals surface area contributed by atoms with E-state index in [1.54, 1.807) is 6.07 Å². The molecular formula is C16H17N5O2. The molecule has 1 unspecified atom stereocenters. The van der Waals surface area contributed by atoms with Gasteiger partial charge < -0.3 is 10.2 Å². The third kappa shape index (κ3) is 4.02. The molecule has 23 heavy (non-hydrogen) atoms. The van der Waals surface area contributed by atoms with Gasteiger partial charge in [0.1, 0.15) is 11.9 Å². The van der Waals surface area contributed by atoms with Crippen molar-refractivity contribution in [1.29, 1.82) is 5.26 Å². The van der Waals surface area contributed by atoms with Gasteiger partial charge in [-0.25, -0.2) is 4.98 Å². The van der Waals surface area contributed by atoms with Crippen molar-refractivity contribution >= 4 is 11.5 Å². The van der Waals surface area contributed by atoms with E-state index in [-0.39, 0.29) is 17.4 Å². The summed E-state index contributed by atoms with van der Waals surface area (Å²) in [5, 5.41) is 22.9. The van der Waals surface area contributed by atoms with Crippen molar-refractivity contribution in [2.24, 2.45) is 0 Å². The van der Waals surface area contributed by atoms with Crippen LogP contribution in [0.3, 0.4) is 0 Å². The fourth-order valence-corrected chi connectivity index (χ4v) is 2.25. The van der Waals surface area contributed by atoms with Gasteiger partial charge in [0, 0.05) is 12.6 Å². The molecule has 0 aliphatic rings. The van der Waals surface area contributed by atoms with E-state index in [1.165, 1.54) is 12.1 Å². The minimum atomic E-state index is -0.609. The molecule has 0 bridgehead atoms. The zero-order valence-electron chi connectivity index (χ0n) is 12.9. The Kier molecular flexibility index (Phi) is 5.23. The largest absolute Gasteiger partial charge is 0.368 e. The molecule has 0 saturated carbocycles. The predicted octanol–water partition coefficient (Wildman–Crippen LogP) is 2.58. The highest BCUT2D eigenvalue weighted by Crippen LogP contribution is 2.21. The summed E-state index contributed by atoms with van der Waals surface area (Å²) in [7, 11) is 3.95. The molecule has 0 spiro atoms. The monoisotopic (exact) mass is 311 g/mol. The lowest BCUT2D eigenvalue weighted by atomic mass is 10.1. The highest BCUT2D eigenvalue weighted by molar-refractivity contribution is 5.50.